The zero-order valence-corrected chi connectivity index (χ0v) is 16.0. The van der Waals surface area contributed by atoms with Crippen LogP contribution in [0.15, 0.2) is 101 Å². The van der Waals surface area contributed by atoms with Gasteiger partial charge in [-0.25, -0.2) is 0 Å². The number of benzene rings is 3. The fourth-order valence-electron chi connectivity index (χ4n) is 3.18. The average molecular weight is 376 g/mol. The Labute approximate surface area is 160 Å². The van der Waals surface area contributed by atoms with Gasteiger partial charge in [0.05, 0.1) is 5.69 Å². The highest BCUT2D eigenvalue weighted by atomic mass is 35.5. The molecule has 1 nitrogen and oxygen atoms in total. The molecule has 3 aromatic rings. The molecule has 0 fully saturated rings. The van der Waals surface area contributed by atoms with Gasteiger partial charge in [0.1, 0.15) is 0 Å². The largest absolute Gasteiger partial charge is 0.253 e. The molecular weight excluding hydrogens is 357 g/mol. The van der Waals surface area contributed by atoms with E-state index in [0.717, 1.165) is 23.6 Å². The van der Waals surface area contributed by atoms with Gasteiger partial charge in [-0.1, -0.05) is 78.3 Å². The van der Waals surface area contributed by atoms with Crippen LogP contribution in [0, 0.1) is 0 Å². The van der Waals surface area contributed by atoms with Crippen molar-refractivity contribution in [2.75, 3.05) is 0 Å². The van der Waals surface area contributed by atoms with Crippen molar-refractivity contribution in [3.05, 3.63) is 101 Å². The molecule has 1 aliphatic rings. The molecule has 0 aliphatic heterocycles. The van der Waals surface area contributed by atoms with Crippen molar-refractivity contribution in [3.8, 4) is 0 Å². The van der Waals surface area contributed by atoms with E-state index in [2.05, 4.69) is 66.7 Å². The van der Waals surface area contributed by atoms with Gasteiger partial charge in [0.25, 0.3) is 0 Å². The lowest BCUT2D eigenvalue weighted by molar-refractivity contribution is 1.14. The van der Waals surface area contributed by atoms with Crippen molar-refractivity contribution in [2.24, 2.45) is 4.99 Å². The van der Waals surface area contributed by atoms with Crippen molar-refractivity contribution in [3.63, 3.8) is 0 Å². The molecule has 0 N–H and O–H groups in total. The van der Waals surface area contributed by atoms with Gasteiger partial charge in [-0.3, -0.25) is 4.99 Å². The fourth-order valence-corrected chi connectivity index (χ4v) is 5.83. The van der Waals surface area contributed by atoms with Gasteiger partial charge in [0.15, 0.2) is 0 Å². The molecule has 3 aromatic carbocycles. The SMILES string of the molecule is Clc1ccc(N=C2CCC=C2P(c2ccccc2)c2ccccc2)cc1. The molecule has 0 spiro atoms. The predicted molar refractivity (Wildman–Crippen MR) is 115 cm³/mol. The molecule has 0 heterocycles. The van der Waals surface area contributed by atoms with E-state index in [1.807, 2.05) is 24.3 Å². The molecule has 26 heavy (non-hydrogen) atoms. The van der Waals surface area contributed by atoms with Gasteiger partial charge in [-0.15, -0.1) is 0 Å². The number of hydrogen-bond acceptors (Lipinski definition) is 1. The lowest BCUT2D eigenvalue weighted by Crippen LogP contribution is -2.15. The molecule has 0 unspecified atom stereocenters. The van der Waals surface area contributed by atoms with Gasteiger partial charge < -0.3 is 0 Å². The van der Waals surface area contributed by atoms with E-state index < -0.39 is 7.92 Å². The molecule has 0 radical (unpaired) electrons. The molecule has 0 aromatic heterocycles. The van der Waals surface area contributed by atoms with Crippen LogP contribution >= 0.6 is 19.5 Å². The molecule has 0 atom stereocenters. The van der Waals surface area contributed by atoms with Crippen LogP contribution < -0.4 is 10.6 Å². The molecule has 0 amide bonds. The third-order valence-corrected chi connectivity index (χ3v) is 7.18. The van der Waals surface area contributed by atoms with Gasteiger partial charge >= 0.3 is 0 Å². The zero-order chi connectivity index (χ0) is 17.8. The van der Waals surface area contributed by atoms with Crippen molar-refractivity contribution in [2.45, 2.75) is 12.8 Å². The maximum atomic E-state index is 6.01. The minimum absolute atomic E-state index is 0.589. The third-order valence-electron chi connectivity index (χ3n) is 4.37. The lowest BCUT2D eigenvalue weighted by atomic mass is 10.3. The van der Waals surface area contributed by atoms with E-state index in [9.17, 15) is 0 Å². The number of halogens is 1. The van der Waals surface area contributed by atoms with Gasteiger partial charge in [-0.05, 0) is 55.6 Å². The molecule has 0 saturated carbocycles. The van der Waals surface area contributed by atoms with Crippen LogP contribution in [0.5, 0.6) is 0 Å². The van der Waals surface area contributed by atoms with Crippen LogP contribution in [0.25, 0.3) is 0 Å². The lowest BCUT2D eigenvalue weighted by Gasteiger charge is -2.21. The topological polar surface area (TPSA) is 12.4 Å². The number of hydrogen-bond donors (Lipinski definition) is 0. The first-order valence-electron chi connectivity index (χ1n) is 8.75. The summed E-state index contributed by atoms with van der Waals surface area (Å²) in [6.45, 7) is 0. The van der Waals surface area contributed by atoms with E-state index >= 15 is 0 Å². The van der Waals surface area contributed by atoms with Crippen LogP contribution in [0.3, 0.4) is 0 Å². The van der Waals surface area contributed by atoms with Crippen LogP contribution in [0.2, 0.25) is 5.02 Å². The Morgan fingerprint density at radius 2 is 1.31 bits per heavy atom. The van der Waals surface area contributed by atoms with Gasteiger partial charge in [0.2, 0.25) is 0 Å². The normalized spacial score (nSPS) is 15.5. The van der Waals surface area contributed by atoms with Crippen LogP contribution in [-0.2, 0) is 0 Å². The summed E-state index contributed by atoms with van der Waals surface area (Å²) in [7, 11) is -0.589. The molecule has 1 aliphatic carbocycles. The van der Waals surface area contributed by atoms with E-state index in [1.54, 1.807) is 0 Å². The molecular formula is C23H19ClNP. The first kappa shape index (κ1) is 17.2. The van der Waals surface area contributed by atoms with Crippen LogP contribution in [-0.4, -0.2) is 5.71 Å². The minimum Gasteiger partial charge on any atom is -0.253 e. The Hall–Kier alpha value is -2.21. The van der Waals surface area contributed by atoms with Crippen LogP contribution in [0.1, 0.15) is 12.8 Å². The highest BCUT2D eigenvalue weighted by Gasteiger charge is 2.25. The average Bonchev–Trinajstić information content (AvgIpc) is 3.13. The summed E-state index contributed by atoms with van der Waals surface area (Å²) in [6, 6.07) is 29.4. The Morgan fingerprint density at radius 1 is 0.731 bits per heavy atom. The summed E-state index contributed by atoms with van der Waals surface area (Å²) in [6.07, 6.45) is 4.43. The van der Waals surface area contributed by atoms with Gasteiger partial charge in [-0.2, -0.15) is 0 Å². The summed E-state index contributed by atoms with van der Waals surface area (Å²) in [5, 5.41) is 4.86. The Bertz CT molecular complexity index is 891. The maximum absolute atomic E-state index is 6.01. The van der Waals surface area contributed by atoms with E-state index in [1.165, 1.54) is 21.6 Å². The molecule has 0 saturated heterocycles. The molecule has 3 heteroatoms. The first-order chi connectivity index (χ1) is 12.8. The minimum atomic E-state index is -0.589. The van der Waals surface area contributed by atoms with Crippen molar-refractivity contribution >= 4 is 41.5 Å². The molecule has 128 valence electrons. The van der Waals surface area contributed by atoms with Gasteiger partial charge in [0, 0.05) is 16.0 Å². The van der Waals surface area contributed by atoms with Crippen LogP contribution in [0.4, 0.5) is 5.69 Å². The second kappa shape index (κ2) is 7.99. The standard InChI is InChI=1S/C23H19ClNP/c24-18-14-16-19(17-15-18)25-22-12-7-13-23(22)26(20-8-3-1-4-9-20)21-10-5-2-6-11-21/h1-6,8-11,13-17H,7,12H2. The summed E-state index contributed by atoms with van der Waals surface area (Å²) in [5.41, 5.74) is 2.17. The summed E-state index contributed by atoms with van der Waals surface area (Å²) in [4.78, 5) is 4.96. The number of aliphatic imine (C=N–C) groups is 1. The fraction of sp³-hybridized carbons (Fsp3) is 0.0870. The second-order valence-corrected chi connectivity index (χ2v) is 8.79. The summed E-state index contributed by atoms with van der Waals surface area (Å²) < 4.78 is 0. The first-order valence-corrected chi connectivity index (χ1v) is 10.5. The Morgan fingerprint density at radius 3 is 1.88 bits per heavy atom. The highest BCUT2D eigenvalue weighted by Crippen LogP contribution is 2.47. The number of rotatable bonds is 4. The highest BCUT2D eigenvalue weighted by molar-refractivity contribution is 7.78. The maximum Gasteiger partial charge on any atom is 0.0634 e. The molecule has 0 bridgehead atoms. The smallest absolute Gasteiger partial charge is 0.0634 e. The Kier molecular flexibility index (Phi) is 5.29. The number of nitrogens with zero attached hydrogens (tertiary/aromatic N) is 1. The van der Waals surface area contributed by atoms with Crippen molar-refractivity contribution in [1.82, 2.24) is 0 Å². The zero-order valence-electron chi connectivity index (χ0n) is 14.3. The Balaban J connectivity index is 1.76. The van der Waals surface area contributed by atoms with Crippen molar-refractivity contribution < 1.29 is 0 Å². The van der Waals surface area contributed by atoms with E-state index in [0.29, 0.717) is 0 Å². The van der Waals surface area contributed by atoms with E-state index in [4.69, 9.17) is 16.6 Å². The quantitative estimate of drug-likeness (QED) is 0.480. The second-order valence-electron chi connectivity index (χ2n) is 6.17. The number of allylic oxidation sites excluding steroid dienone is 2. The summed E-state index contributed by atoms with van der Waals surface area (Å²) in [5.74, 6) is 0. The summed E-state index contributed by atoms with van der Waals surface area (Å²) >= 11 is 6.01. The van der Waals surface area contributed by atoms with E-state index in [-0.39, 0.29) is 0 Å². The predicted octanol–water partition coefficient (Wildman–Crippen LogP) is 6.22. The third kappa shape index (κ3) is 3.80. The monoisotopic (exact) mass is 375 g/mol. The van der Waals surface area contributed by atoms with Crippen molar-refractivity contribution in [1.29, 1.82) is 0 Å². The molecule has 4 rings (SSSR count).